The van der Waals surface area contributed by atoms with E-state index in [9.17, 15) is 0 Å². The summed E-state index contributed by atoms with van der Waals surface area (Å²) in [4.78, 5) is 0. The molecular weight excluding hydrogens is 364 g/mol. The second-order valence-electron chi connectivity index (χ2n) is 6.76. The van der Waals surface area contributed by atoms with E-state index in [1.165, 1.54) is 0 Å². The minimum absolute atomic E-state index is 0.0778. The fourth-order valence-corrected chi connectivity index (χ4v) is 3.23. The molecule has 0 atom stereocenters. The Bertz CT molecular complexity index is 1020. The van der Waals surface area contributed by atoms with Gasteiger partial charge < -0.3 is 20.5 Å². The van der Waals surface area contributed by atoms with Crippen molar-refractivity contribution in [3.63, 3.8) is 0 Å². The number of hydrogen-bond donors (Lipinski definition) is 3. The van der Waals surface area contributed by atoms with Crippen molar-refractivity contribution in [2.45, 2.75) is 13.2 Å². The molecule has 6 nitrogen and oxygen atoms in total. The third kappa shape index (κ3) is 4.33. The summed E-state index contributed by atoms with van der Waals surface area (Å²) in [6, 6.07) is 18.3. The van der Waals surface area contributed by atoms with E-state index in [1.54, 1.807) is 12.3 Å². The molecule has 0 unspecified atom stereocenters. The third-order valence-electron chi connectivity index (χ3n) is 4.72. The lowest BCUT2D eigenvalue weighted by Gasteiger charge is -2.12. The minimum Gasteiger partial charge on any atom is -0.487 e. The van der Waals surface area contributed by atoms with Crippen molar-refractivity contribution in [3.8, 4) is 17.0 Å². The molecule has 3 aromatic rings. The summed E-state index contributed by atoms with van der Waals surface area (Å²) in [7, 11) is 0. The van der Waals surface area contributed by atoms with Gasteiger partial charge in [0.25, 0.3) is 0 Å². The number of nitrogens with one attached hydrogen (secondary N) is 2. The van der Waals surface area contributed by atoms with E-state index in [2.05, 4.69) is 41.5 Å². The molecule has 3 N–H and O–H groups in total. The van der Waals surface area contributed by atoms with Crippen LogP contribution in [0.15, 0.2) is 79.1 Å². The predicted octanol–water partition coefficient (Wildman–Crippen LogP) is 3.51. The van der Waals surface area contributed by atoms with Crippen molar-refractivity contribution in [2.24, 2.45) is 0 Å². The van der Waals surface area contributed by atoms with Crippen LogP contribution in [0.1, 0.15) is 11.3 Å². The van der Waals surface area contributed by atoms with E-state index in [4.69, 9.17) is 14.9 Å². The van der Waals surface area contributed by atoms with Crippen LogP contribution in [0.3, 0.4) is 0 Å². The average Bonchev–Trinajstić information content (AvgIpc) is 3.08. The van der Waals surface area contributed by atoms with Crippen LogP contribution in [0.25, 0.3) is 11.3 Å². The Kier molecular flexibility index (Phi) is 5.63. The number of allylic oxidation sites excluding steroid dienone is 1. The first kappa shape index (κ1) is 18.8. The zero-order valence-corrected chi connectivity index (χ0v) is 16.1. The molecule has 0 bridgehead atoms. The van der Waals surface area contributed by atoms with Gasteiger partial charge in [0, 0.05) is 35.6 Å². The largest absolute Gasteiger partial charge is 0.487 e. The Morgan fingerprint density at radius 2 is 2.07 bits per heavy atom. The number of hydrogen-bond acceptors (Lipinski definition) is 5. The van der Waals surface area contributed by atoms with E-state index in [0.717, 1.165) is 39.6 Å². The SMILES string of the molecule is C=C/C(=C\NCCO)Nc1ccc2c(c1)OCc1cc(-c3ccccc3)nn1C2. The number of ether oxygens (including phenoxy) is 1. The maximum atomic E-state index is 8.88. The summed E-state index contributed by atoms with van der Waals surface area (Å²) in [5.74, 6) is 0.841. The lowest BCUT2D eigenvalue weighted by atomic mass is 10.1. The lowest BCUT2D eigenvalue weighted by Crippen LogP contribution is -2.13. The van der Waals surface area contributed by atoms with Crippen LogP contribution >= 0.6 is 0 Å². The molecule has 6 heteroatoms. The van der Waals surface area contributed by atoms with E-state index in [-0.39, 0.29) is 6.61 Å². The Morgan fingerprint density at radius 1 is 1.21 bits per heavy atom. The predicted molar refractivity (Wildman–Crippen MR) is 115 cm³/mol. The van der Waals surface area contributed by atoms with Crippen molar-refractivity contribution in [3.05, 3.63) is 90.4 Å². The zero-order valence-electron chi connectivity index (χ0n) is 16.1. The molecule has 1 aliphatic rings. The molecule has 0 amide bonds. The molecule has 0 fully saturated rings. The fourth-order valence-electron chi connectivity index (χ4n) is 3.23. The third-order valence-corrected chi connectivity index (χ3v) is 4.72. The molecular formula is C23H24N4O2. The van der Waals surface area contributed by atoms with Gasteiger partial charge in [0.1, 0.15) is 12.4 Å². The van der Waals surface area contributed by atoms with Crippen molar-refractivity contribution >= 4 is 5.69 Å². The molecule has 0 saturated carbocycles. The topological polar surface area (TPSA) is 71.3 Å². The first-order valence-electron chi connectivity index (χ1n) is 9.58. The molecule has 29 heavy (non-hydrogen) atoms. The summed E-state index contributed by atoms with van der Waals surface area (Å²) >= 11 is 0. The number of aromatic nitrogens is 2. The molecule has 2 aromatic carbocycles. The average molecular weight is 388 g/mol. The van der Waals surface area contributed by atoms with Crippen LogP contribution in [-0.2, 0) is 13.2 Å². The van der Waals surface area contributed by atoms with Crippen LogP contribution in [0.2, 0.25) is 0 Å². The van der Waals surface area contributed by atoms with E-state index in [0.29, 0.717) is 19.7 Å². The van der Waals surface area contributed by atoms with Crippen LogP contribution in [-0.4, -0.2) is 28.0 Å². The van der Waals surface area contributed by atoms with Crippen LogP contribution in [0.5, 0.6) is 5.75 Å². The molecule has 0 saturated heterocycles. The van der Waals surface area contributed by atoms with Crippen LogP contribution in [0.4, 0.5) is 5.69 Å². The highest BCUT2D eigenvalue weighted by Gasteiger charge is 2.17. The van der Waals surface area contributed by atoms with Gasteiger partial charge in [0.05, 0.1) is 30.2 Å². The molecule has 148 valence electrons. The molecule has 4 rings (SSSR count). The van der Waals surface area contributed by atoms with Crippen molar-refractivity contribution in [2.75, 3.05) is 18.5 Å². The number of rotatable bonds is 7. The zero-order chi connectivity index (χ0) is 20.1. The number of aliphatic hydroxyl groups is 1. The van der Waals surface area contributed by atoms with Gasteiger partial charge in [-0.1, -0.05) is 43.0 Å². The number of anilines is 1. The smallest absolute Gasteiger partial charge is 0.130 e. The van der Waals surface area contributed by atoms with Gasteiger partial charge in [-0.3, -0.25) is 4.68 Å². The first-order chi connectivity index (χ1) is 14.3. The Hall–Kier alpha value is -3.51. The second-order valence-corrected chi connectivity index (χ2v) is 6.76. The van der Waals surface area contributed by atoms with Crippen LogP contribution in [0, 0.1) is 0 Å². The molecule has 1 aromatic heterocycles. The Labute approximate surface area is 170 Å². The quantitative estimate of drug-likeness (QED) is 0.427. The Balaban J connectivity index is 1.52. The van der Waals surface area contributed by atoms with Gasteiger partial charge in [-0.15, -0.1) is 0 Å². The Morgan fingerprint density at radius 3 is 2.86 bits per heavy atom. The number of benzene rings is 2. The highest BCUT2D eigenvalue weighted by molar-refractivity contribution is 5.60. The first-order valence-corrected chi connectivity index (χ1v) is 9.58. The normalized spacial score (nSPS) is 12.9. The minimum atomic E-state index is 0.0778. The maximum Gasteiger partial charge on any atom is 0.130 e. The van der Waals surface area contributed by atoms with Gasteiger partial charge in [-0.2, -0.15) is 5.10 Å². The summed E-state index contributed by atoms with van der Waals surface area (Å²) in [5.41, 5.74) is 5.92. The van der Waals surface area contributed by atoms with Gasteiger partial charge in [0.2, 0.25) is 0 Å². The summed E-state index contributed by atoms with van der Waals surface area (Å²) in [6.45, 7) is 5.52. The number of nitrogens with zero attached hydrogens (tertiary/aromatic N) is 2. The van der Waals surface area contributed by atoms with E-state index < -0.39 is 0 Å². The standard InChI is InChI=1S/C23H24N4O2/c1-2-19(14-24-10-11-28)25-20-9-8-18-15-27-21(16-29-23(18)12-20)13-22(26-27)17-6-4-3-5-7-17/h2-9,12-14,24-25,28H,1,10-11,15-16H2/b19-14+. The molecule has 2 heterocycles. The maximum absolute atomic E-state index is 8.88. The van der Waals surface area contributed by atoms with Gasteiger partial charge in [-0.25, -0.2) is 0 Å². The van der Waals surface area contributed by atoms with Crippen molar-refractivity contribution in [1.82, 2.24) is 15.1 Å². The van der Waals surface area contributed by atoms with Gasteiger partial charge in [0.15, 0.2) is 0 Å². The highest BCUT2D eigenvalue weighted by Crippen LogP contribution is 2.30. The summed E-state index contributed by atoms with van der Waals surface area (Å²) in [5, 5.41) is 20.0. The number of aliphatic hydroxyl groups excluding tert-OH is 1. The highest BCUT2D eigenvalue weighted by atomic mass is 16.5. The molecule has 0 radical (unpaired) electrons. The van der Waals surface area contributed by atoms with E-state index >= 15 is 0 Å². The van der Waals surface area contributed by atoms with Gasteiger partial charge >= 0.3 is 0 Å². The van der Waals surface area contributed by atoms with Gasteiger partial charge in [-0.05, 0) is 18.2 Å². The lowest BCUT2D eigenvalue weighted by molar-refractivity contribution is 0.298. The summed E-state index contributed by atoms with van der Waals surface area (Å²) < 4.78 is 8.09. The molecule has 1 aliphatic heterocycles. The summed E-state index contributed by atoms with van der Waals surface area (Å²) in [6.07, 6.45) is 3.51. The molecule has 0 spiro atoms. The number of fused-ring (bicyclic) bond motifs is 2. The fraction of sp³-hybridized carbons (Fsp3) is 0.174. The van der Waals surface area contributed by atoms with Crippen molar-refractivity contribution < 1.29 is 9.84 Å². The van der Waals surface area contributed by atoms with Crippen LogP contribution < -0.4 is 15.4 Å². The van der Waals surface area contributed by atoms with Crippen molar-refractivity contribution in [1.29, 1.82) is 0 Å². The second kappa shape index (κ2) is 8.67. The monoisotopic (exact) mass is 388 g/mol. The molecule has 0 aliphatic carbocycles. The van der Waals surface area contributed by atoms with E-state index in [1.807, 2.05) is 35.0 Å².